The number of nitrogens with one attached hydrogen (secondary N) is 2. The van der Waals surface area contributed by atoms with Gasteiger partial charge < -0.3 is 5.32 Å². The van der Waals surface area contributed by atoms with Crippen LogP contribution in [0.25, 0.3) is 11.3 Å². The summed E-state index contributed by atoms with van der Waals surface area (Å²) in [5.41, 5.74) is 12.0. The molecule has 0 spiro atoms. The van der Waals surface area contributed by atoms with Crippen molar-refractivity contribution in [3.05, 3.63) is 70.9 Å². The lowest BCUT2D eigenvalue weighted by molar-refractivity contribution is 0.160. The molecule has 202 valence electrons. The molecule has 1 unspecified atom stereocenters. The van der Waals surface area contributed by atoms with Crippen molar-refractivity contribution in [2.75, 3.05) is 38.3 Å². The predicted molar refractivity (Wildman–Crippen MR) is 154 cm³/mol. The molecule has 3 aliphatic heterocycles. The van der Waals surface area contributed by atoms with E-state index in [9.17, 15) is 8.42 Å². The molecule has 0 amide bonds. The van der Waals surface area contributed by atoms with Crippen LogP contribution < -0.4 is 10.9 Å². The zero-order chi connectivity index (χ0) is 26.4. The third kappa shape index (κ3) is 4.85. The van der Waals surface area contributed by atoms with E-state index in [1.807, 2.05) is 12.1 Å². The molecule has 2 aromatic carbocycles. The molecule has 1 aliphatic carbocycles. The second kappa shape index (κ2) is 10.1. The Morgan fingerprint density at radius 1 is 1.03 bits per heavy atom. The van der Waals surface area contributed by atoms with Crippen LogP contribution >= 0.6 is 0 Å². The highest BCUT2D eigenvalue weighted by Crippen LogP contribution is 2.40. The minimum absolute atomic E-state index is 0.0527. The van der Waals surface area contributed by atoms with E-state index >= 15 is 0 Å². The number of hydrazine groups is 2. The number of benzene rings is 2. The van der Waals surface area contributed by atoms with Crippen molar-refractivity contribution in [1.82, 2.24) is 20.5 Å². The number of sulfone groups is 1. The second-order valence-corrected chi connectivity index (χ2v) is 13.3. The highest BCUT2D eigenvalue weighted by Gasteiger charge is 2.33. The molecule has 8 heteroatoms. The van der Waals surface area contributed by atoms with Crippen molar-refractivity contribution >= 4 is 26.8 Å². The lowest BCUT2D eigenvalue weighted by Crippen LogP contribution is -2.39. The van der Waals surface area contributed by atoms with Gasteiger partial charge >= 0.3 is 0 Å². The maximum Gasteiger partial charge on any atom is 0.175 e. The number of anilines is 1. The molecule has 2 aromatic rings. The topological polar surface area (TPSA) is 67.9 Å². The van der Waals surface area contributed by atoms with E-state index in [0.717, 1.165) is 44.2 Å². The molecule has 38 heavy (non-hydrogen) atoms. The van der Waals surface area contributed by atoms with Crippen molar-refractivity contribution in [2.45, 2.75) is 62.4 Å². The number of allylic oxidation sites excluding steroid dienone is 1. The molecule has 4 aliphatic rings. The highest BCUT2D eigenvalue weighted by atomic mass is 32.2. The van der Waals surface area contributed by atoms with Crippen LogP contribution in [0.5, 0.6) is 0 Å². The first-order valence-electron chi connectivity index (χ1n) is 13.9. The largest absolute Gasteiger partial charge is 0.378 e. The Bertz CT molecular complexity index is 1390. The van der Waals surface area contributed by atoms with Crippen LogP contribution in [0.2, 0.25) is 0 Å². The van der Waals surface area contributed by atoms with E-state index in [4.69, 9.17) is 0 Å². The van der Waals surface area contributed by atoms with Crippen LogP contribution in [0, 0.1) is 0 Å². The van der Waals surface area contributed by atoms with Gasteiger partial charge in [-0.2, -0.15) is 0 Å². The summed E-state index contributed by atoms with van der Waals surface area (Å²) in [4.78, 5) is 3.01. The molecule has 2 N–H and O–H groups in total. The maximum atomic E-state index is 12.2. The van der Waals surface area contributed by atoms with Gasteiger partial charge in [0.1, 0.15) is 0 Å². The van der Waals surface area contributed by atoms with Crippen LogP contribution in [0.1, 0.15) is 68.2 Å². The number of rotatable bonds is 5. The number of fused-ring (bicyclic) bond motifs is 3. The molecule has 1 fully saturated rings. The van der Waals surface area contributed by atoms with Crippen LogP contribution in [0.15, 0.2) is 59.1 Å². The van der Waals surface area contributed by atoms with Gasteiger partial charge in [0.25, 0.3) is 0 Å². The lowest BCUT2D eigenvalue weighted by atomic mass is 9.90. The fourth-order valence-electron chi connectivity index (χ4n) is 6.56. The van der Waals surface area contributed by atoms with Crippen molar-refractivity contribution in [3.63, 3.8) is 0 Å². The fourth-order valence-corrected chi connectivity index (χ4v) is 7.22. The van der Waals surface area contributed by atoms with E-state index in [2.05, 4.69) is 64.0 Å². The molecule has 1 atom stereocenters. The van der Waals surface area contributed by atoms with E-state index in [1.54, 1.807) is 12.1 Å². The number of nitrogens with zero attached hydrogens (tertiary/aromatic N) is 3. The summed E-state index contributed by atoms with van der Waals surface area (Å²) in [5.74, 6) is 0. The van der Waals surface area contributed by atoms with Gasteiger partial charge in [0, 0.05) is 50.2 Å². The average molecular weight is 534 g/mol. The summed E-state index contributed by atoms with van der Waals surface area (Å²) in [5, 5.41) is 8.02. The van der Waals surface area contributed by atoms with E-state index in [-0.39, 0.29) is 6.04 Å². The van der Waals surface area contributed by atoms with Crippen molar-refractivity contribution in [3.8, 4) is 0 Å². The third-order valence-electron chi connectivity index (χ3n) is 8.77. The smallest absolute Gasteiger partial charge is 0.175 e. The average Bonchev–Trinajstić information content (AvgIpc) is 3.51. The van der Waals surface area contributed by atoms with Crippen molar-refractivity contribution in [1.29, 1.82) is 0 Å². The van der Waals surface area contributed by atoms with E-state index < -0.39 is 9.84 Å². The molecule has 1 saturated carbocycles. The number of hydrogen-bond acceptors (Lipinski definition) is 7. The van der Waals surface area contributed by atoms with Gasteiger partial charge in [-0.15, -0.1) is 5.53 Å². The predicted octanol–water partition coefficient (Wildman–Crippen LogP) is 5.03. The highest BCUT2D eigenvalue weighted by molar-refractivity contribution is 7.90. The molecule has 3 heterocycles. The molecule has 0 saturated heterocycles. The summed E-state index contributed by atoms with van der Waals surface area (Å²) in [6.07, 6.45) is 11.1. The van der Waals surface area contributed by atoms with Gasteiger partial charge in [-0.25, -0.2) is 8.42 Å². The van der Waals surface area contributed by atoms with Gasteiger partial charge in [-0.3, -0.25) is 14.9 Å². The standard InChI is InChI=1S/C30H39N5O2S/c1-21-30-27-12-11-23(22-13-16-34(17-14-22)25-8-4-5-9-25)19-28(27)29(15-18-35(30)32-33(21)2)31-24-7-6-10-26(20-24)38(3,36)37/h6-7,10-13,19-20,25,29,31-32H,4-5,8-9,14-18H2,1-3H3. The van der Waals surface area contributed by atoms with Gasteiger partial charge in [-0.1, -0.05) is 37.1 Å². The summed E-state index contributed by atoms with van der Waals surface area (Å²) >= 11 is 0. The Balaban J connectivity index is 1.35. The molecular formula is C30H39N5O2S. The van der Waals surface area contributed by atoms with Crippen LogP contribution in [-0.2, 0) is 9.84 Å². The van der Waals surface area contributed by atoms with Crippen LogP contribution in [0.3, 0.4) is 0 Å². The second-order valence-electron chi connectivity index (χ2n) is 11.2. The van der Waals surface area contributed by atoms with Crippen molar-refractivity contribution < 1.29 is 8.42 Å². The minimum atomic E-state index is -3.27. The van der Waals surface area contributed by atoms with Crippen molar-refractivity contribution in [2.24, 2.45) is 0 Å². The molecule has 0 radical (unpaired) electrons. The molecular weight excluding hydrogens is 494 g/mol. The first-order chi connectivity index (χ1) is 18.3. The molecule has 0 aromatic heterocycles. The zero-order valence-corrected chi connectivity index (χ0v) is 23.5. The first-order valence-corrected chi connectivity index (χ1v) is 15.8. The van der Waals surface area contributed by atoms with E-state index in [1.165, 1.54) is 65.6 Å². The normalized spacial score (nSPS) is 22.8. The first kappa shape index (κ1) is 25.5. The monoisotopic (exact) mass is 533 g/mol. The Labute approximate surface area is 227 Å². The Kier molecular flexibility index (Phi) is 6.74. The fraction of sp³-hybridized carbons (Fsp3) is 0.467. The van der Waals surface area contributed by atoms with Gasteiger partial charge in [0.15, 0.2) is 9.84 Å². The maximum absolute atomic E-state index is 12.2. The minimum Gasteiger partial charge on any atom is -0.378 e. The SMILES string of the molecule is CC1=C2c3ccc(C4=CCN(C5CCCC5)CC4)cc3C(Nc3cccc(S(C)(=O)=O)c3)CCN2NN1C. The Morgan fingerprint density at radius 2 is 1.84 bits per heavy atom. The Hall–Kier alpha value is -2.81. The van der Waals surface area contributed by atoms with Crippen LogP contribution in [0.4, 0.5) is 5.69 Å². The Morgan fingerprint density at radius 3 is 2.58 bits per heavy atom. The van der Waals surface area contributed by atoms with Gasteiger partial charge in [0.05, 0.1) is 22.3 Å². The summed E-state index contributed by atoms with van der Waals surface area (Å²) in [7, 11) is -1.22. The van der Waals surface area contributed by atoms with E-state index in [0.29, 0.717) is 4.90 Å². The molecule has 6 rings (SSSR count). The lowest BCUT2D eigenvalue weighted by Gasteiger charge is -2.32. The molecule has 0 bridgehead atoms. The summed E-state index contributed by atoms with van der Waals surface area (Å²) in [6.45, 7) is 5.18. The summed E-state index contributed by atoms with van der Waals surface area (Å²) in [6, 6.07) is 15.0. The zero-order valence-electron chi connectivity index (χ0n) is 22.7. The quantitative estimate of drug-likeness (QED) is 0.559. The summed E-state index contributed by atoms with van der Waals surface area (Å²) < 4.78 is 24.4. The van der Waals surface area contributed by atoms with Crippen LogP contribution in [-0.4, -0.2) is 62.3 Å². The molecule has 7 nitrogen and oxygen atoms in total. The third-order valence-corrected chi connectivity index (χ3v) is 9.88. The van der Waals surface area contributed by atoms with Gasteiger partial charge in [-0.05, 0) is 73.6 Å². The van der Waals surface area contributed by atoms with Gasteiger partial charge in [0.2, 0.25) is 0 Å². The number of hydrogen-bond donors (Lipinski definition) is 2.